The summed E-state index contributed by atoms with van der Waals surface area (Å²) < 4.78 is 0. The van der Waals surface area contributed by atoms with Crippen LogP contribution in [0, 0.1) is 0 Å². The zero-order valence-electron chi connectivity index (χ0n) is 11.3. The van der Waals surface area contributed by atoms with Gasteiger partial charge < -0.3 is 15.7 Å². The van der Waals surface area contributed by atoms with Crippen molar-refractivity contribution in [1.29, 1.82) is 0 Å². The van der Waals surface area contributed by atoms with Gasteiger partial charge in [-0.3, -0.25) is 4.79 Å². The Balaban J connectivity index is 2.64. The molecule has 0 saturated heterocycles. The number of amides is 1. The van der Waals surface area contributed by atoms with Crippen molar-refractivity contribution in [3.63, 3.8) is 0 Å². The van der Waals surface area contributed by atoms with Gasteiger partial charge in [0.1, 0.15) is 0 Å². The van der Waals surface area contributed by atoms with Crippen LogP contribution in [0.5, 0.6) is 0 Å². The highest BCUT2D eigenvalue weighted by molar-refractivity contribution is 5.86. The fraction of sp³-hybridized carbons (Fsp3) is 0.923. The van der Waals surface area contributed by atoms with Crippen LogP contribution in [0.3, 0.4) is 0 Å². The van der Waals surface area contributed by atoms with E-state index < -0.39 is 5.54 Å². The first-order valence-corrected chi connectivity index (χ1v) is 6.64. The molecule has 3 N–H and O–H groups in total. The second-order valence-corrected chi connectivity index (χ2v) is 5.61. The Kier molecular flexibility index (Phi) is 4.95. The van der Waals surface area contributed by atoms with E-state index in [4.69, 9.17) is 0 Å². The molecule has 0 unspecified atom stereocenters. The Morgan fingerprint density at radius 3 is 2.35 bits per heavy atom. The number of rotatable bonds is 5. The van der Waals surface area contributed by atoms with Crippen molar-refractivity contribution >= 4 is 5.91 Å². The fourth-order valence-electron chi connectivity index (χ4n) is 2.47. The number of hydrogen-bond acceptors (Lipinski definition) is 3. The highest BCUT2D eigenvalue weighted by Gasteiger charge is 2.37. The Labute approximate surface area is 104 Å². The normalized spacial score (nSPS) is 20.0. The predicted octanol–water partition coefficient (Wildman–Crippen LogP) is 1.19. The minimum Gasteiger partial charge on any atom is -0.394 e. The molecule has 0 radical (unpaired) electrons. The van der Waals surface area contributed by atoms with Crippen LogP contribution in [0.15, 0.2) is 0 Å². The number of carbonyl (C=O) groups is 1. The van der Waals surface area contributed by atoms with Crippen molar-refractivity contribution < 1.29 is 9.90 Å². The van der Waals surface area contributed by atoms with E-state index in [0.29, 0.717) is 0 Å². The fourth-order valence-corrected chi connectivity index (χ4v) is 2.47. The molecule has 4 nitrogen and oxygen atoms in total. The van der Waals surface area contributed by atoms with Crippen LogP contribution in [0.1, 0.15) is 52.9 Å². The van der Waals surface area contributed by atoms with Gasteiger partial charge in [0.15, 0.2) is 0 Å². The summed E-state index contributed by atoms with van der Waals surface area (Å²) in [5, 5.41) is 15.8. The van der Waals surface area contributed by atoms with E-state index in [1.165, 1.54) is 6.42 Å². The smallest absolute Gasteiger partial charge is 0.240 e. The molecule has 1 fully saturated rings. The summed E-state index contributed by atoms with van der Waals surface area (Å²) in [6.07, 6.45) is 5.15. The summed E-state index contributed by atoms with van der Waals surface area (Å²) in [5.74, 6) is -0.0182. The number of aliphatic hydroxyl groups is 1. The van der Waals surface area contributed by atoms with Crippen LogP contribution < -0.4 is 10.6 Å². The molecule has 1 amide bonds. The molecule has 1 saturated carbocycles. The molecule has 0 aliphatic heterocycles. The van der Waals surface area contributed by atoms with Crippen molar-refractivity contribution in [3.8, 4) is 0 Å². The summed E-state index contributed by atoms with van der Waals surface area (Å²) >= 11 is 0. The van der Waals surface area contributed by atoms with Crippen molar-refractivity contribution in [2.45, 2.75) is 64.0 Å². The lowest BCUT2D eigenvalue weighted by atomic mass is 9.81. The molecule has 0 aromatic carbocycles. The first-order valence-electron chi connectivity index (χ1n) is 6.64. The summed E-state index contributed by atoms with van der Waals surface area (Å²) in [6.45, 7) is 6.53. The summed E-state index contributed by atoms with van der Waals surface area (Å²) in [4.78, 5) is 12.2. The lowest BCUT2D eigenvalue weighted by molar-refractivity contribution is -0.129. The number of aliphatic hydroxyl groups excluding tert-OH is 1. The third kappa shape index (κ3) is 3.68. The molecule has 1 aliphatic rings. The molecule has 0 heterocycles. The van der Waals surface area contributed by atoms with Crippen LogP contribution in [-0.2, 0) is 4.79 Å². The van der Waals surface area contributed by atoms with Gasteiger partial charge in [-0.2, -0.15) is 0 Å². The van der Waals surface area contributed by atoms with Crippen LogP contribution in [-0.4, -0.2) is 35.2 Å². The van der Waals surface area contributed by atoms with Gasteiger partial charge in [-0.25, -0.2) is 0 Å². The highest BCUT2D eigenvalue weighted by atomic mass is 16.3. The maximum Gasteiger partial charge on any atom is 0.240 e. The third-order valence-electron chi connectivity index (χ3n) is 3.68. The molecule has 0 bridgehead atoms. The first kappa shape index (κ1) is 14.5. The number of hydrogen-bond donors (Lipinski definition) is 3. The van der Waals surface area contributed by atoms with E-state index in [-0.39, 0.29) is 18.1 Å². The Bertz CT molecular complexity index is 258. The second kappa shape index (κ2) is 5.83. The van der Waals surface area contributed by atoms with Crippen molar-refractivity contribution in [2.24, 2.45) is 0 Å². The van der Waals surface area contributed by atoms with Gasteiger partial charge in [-0.05, 0) is 33.2 Å². The molecule has 100 valence electrons. The van der Waals surface area contributed by atoms with Gasteiger partial charge in [0.05, 0.1) is 17.7 Å². The average molecular weight is 242 g/mol. The Morgan fingerprint density at radius 1 is 1.29 bits per heavy atom. The SMILES string of the molecule is CCNC(C)(C)C(=O)NC1(CO)CCCCC1. The summed E-state index contributed by atoms with van der Waals surface area (Å²) in [6, 6.07) is 0. The highest BCUT2D eigenvalue weighted by Crippen LogP contribution is 2.28. The van der Waals surface area contributed by atoms with Gasteiger partial charge in [-0.15, -0.1) is 0 Å². The molecule has 0 aromatic heterocycles. The standard InChI is InChI=1S/C13H26N2O2/c1-4-14-12(2,3)11(17)15-13(10-16)8-6-5-7-9-13/h14,16H,4-10H2,1-3H3,(H,15,17). The van der Waals surface area contributed by atoms with Gasteiger partial charge >= 0.3 is 0 Å². The number of likely N-dealkylation sites (N-methyl/N-ethyl adjacent to an activating group) is 1. The van der Waals surface area contributed by atoms with Crippen molar-refractivity contribution in [3.05, 3.63) is 0 Å². The Morgan fingerprint density at radius 2 is 1.88 bits per heavy atom. The monoisotopic (exact) mass is 242 g/mol. The molecule has 4 heteroatoms. The zero-order valence-corrected chi connectivity index (χ0v) is 11.3. The molecular weight excluding hydrogens is 216 g/mol. The average Bonchev–Trinajstić information content (AvgIpc) is 2.30. The lowest BCUT2D eigenvalue weighted by Crippen LogP contribution is -2.61. The van der Waals surface area contributed by atoms with Crippen LogP contribution in [0.4, 0.5) is 0 Å². The van der Waals surface area contributed by atoms with E-state index >= 15 is 0 Å². The van der Waals surface area contributed by atoms with E-state index in [1.807, 2.05) is 20.8 Å². The van der Waals surface area contributed by atoms with E-state index in [2.05, 4.69) is 10.6 Å². The predicted molar refractivity (Wildman–Crippen MR) is 68.8 cm³/mol. The second-order valence-electron chi connectivity index (χ2n) is 5.61. The quantitative estimate of drug-likeness (QED) is 0.678. The van der Waals surface area contributed by atoms with E-state index in [0.717, 1.165) is 32.2 Å². The molecule has 0 aromatic rings. The van der Waals surface area contributed by atoms with Crippen LogP contribution in [0.2, 0.25) is 0 Å². The van der Waals surface area contributed by atoms with E-state index in [1.54, 1.807) is 0 Å². The molecule has 0 spiro atoms. The third-order valence-corrected chi connectivity index (χ3v) is 3.68. The maximum atomic E-state index is 12.2. The first-order chi connectivity index (χ1) is 7.96. The summed E-state index contributed by atoms with van der Waals surface area (Å²) in [7, 11) is 0. The minimum absolute atomic E-state index is 0.0182. The Hall–Kier alpha value is -0.610. The molecule has 0 atom stereocenters. The van der Waals surface area contributed by atoms with Gasteiger partial charge in [-0.1, -0.05) is 26.2 Å². The molecule has 1 rings (SSSR count). The van der Waals surface area contributed by atoms with Gasteiger partial charge in [0, 0.05) is 0 Å². The molecule has 17 heavy (non-hydrogen) atoms. The maximum absolute atomic E-state index is 12.2. The molecule has 1 aliphatic carbocycles. The minimum atomic E-state index is -0.575. The number of carbonyl (C=O) groups excluding carboxylic acids is 1. The largest absolute Gasteiger partial charge is 0.394 e. The zero-order chi connectivity index (χ0) is 12.9. The number of nitrogens with one attached hydrogen (secondary N) is 2. The lowest BCUT2D eigenvalue weighted by Gasteiger charge is -2.39. The topological polar surface area (TPSA) is 61.4 Å². The van der Waals surface area contributed by atoms with Gasteiger partial charge in [0.2, 0.25) is 5.91 Å². The van der Waals surface area contributed by atoms with Crippen molar-refractivity contribution in [2.75, 3.05) is 13.2 Å². The van der Waals surface area contributed by atoms with Crippen molar-refractivity contribution in [1.82, 2.24) is 10.6 Å². The van der Waals surface area contributed by atoms with Crippen LogP contribution in [0.25, 0.3) is 0 Å². The molecular formula is C13H26N2O2. The van der Waals surface area contributed by atoms with Crippen LogP contribution >= 0.6 is 0 Å². The summed E-state index contributed by atoms with van der Waals surface area (Å²) in [5.41, 5.74) is -0.962. The van der Waals surface area contributed by atoms with E-state index in [9.17, 15) is 9.90 Å². The van der Waals surface area contributed by atoms with Gasteiger partial charge in [0.25, 0.3) is 0 Å².